The number of aromatic nitrogens is 2. The van der Waals surface area contributed by atoms with Crippen LogP contribution in [0.5, 0.6) is 11.8 Å². The molecule has 1 heterocycles. The van der Waals surface area contributed by atoms with Crippen LogP contribution in [0.15, 0.2) is 16.4 Å². The Morgan fingerprint density at radius 1 is 0.941 bits per heavy atom. The molecule has 0 saturated heterocycles. The van der Waals surface area contributed by atoms with E-state index < -0.39 is 0 Å². The van der Waals surface area contributed by atoms with Gasteiger partial charge in [0.05, 0.1) is 17.5 Å². The zero-order valence-electron chi connectivity index (χ0n) is 10.7. The van der Waals surface area contributed by atoms with E-state index in [1.54, 1.807) is 6.92 Å². The molecule has 1 aromatic heterocycles. The van der Waals surface area contributed by atoms with Gasteiger partial charge in [-0.05, 0) is 34.6 Å². The van der Waals surface area contributed by atoms with Gasteiger partial charge in [0.25, 0.3) is 11.8 Å². The van der Waals surface area contributed by atoms with Gasteiger partial charge in [0, 0.05) is 0 Å². The van der Waals surface area contributed by atoms with Gasteiger partial charge in [-0.2, -0.15) is 9.97 Å². The number of oxime groups is 2. The van der Waals surface area contributed by atoms with Gasteiger partial charge in [0.1, 0.15) is 5.82 Å². The molecular formula is C11H16N4O2. The summed E-state index contributed by atoms with van der Waals surface area (Å²) in [4.78, 5) is 18.3. The lowest BCUT2D eigenvalue weighted by Crippen LogP contribution is -1.98. The molecule has 0 bridgehead atoms. The maximum Gasteiger partial charge on any atom is 0.255 e. The molecule has 0 aliphatic heterocycles. The van der Waals surface area contributed by atoms with E-state index in [1.807, 2.05) is 27.7 Å². The third kappa shape index (κ3) is 5.05. The lowest BCUT2D eigenvalue weighted by molar-refractivity contribution is 0.303. The summed E-state index contributed by atoms with van der Waals surface area (Å²) < 4.78 is 0. The minimum absolute atomic E-state index is 0.331. The fourth-order valence-corrected chi connectivity index (χ4v) is 0.884. The minimum atomic E-state index is 0.331. The van der Waals surface area contributed by atoms with Crippen molar-refractivity contribution in [1.29, 1.82) is 0 Å². The largest absolute Gasteiger partial charge is 0.336 e. The third-order valence-corrected chi connectivity index (χ3v) is 1.43. The van der Waals surface area contributed by atoms with Gasteiger partial charge in [-0.1, -0.05) is 10.3 Å². The molecule has 0 N–H and O–H groups in total. The first kappa shape index (κ1) is 13.1. The van der Waals surface area contributed by atoms with Crippen LogP contribution in [-0.4, -0.2) is 21.4 Å². The summed E-state index contributed by atoms with van der Waals surface area (Å²) in [5.74, 6) is 1.20. The van der Waals surface area contributed by atoms with Crippen LogP contribution in [0.4, 0.5) is 0 Å². The van der Waals surface area contributed by atoms with Crippen molar-refractivity contribution in [2.24, 2.45) is 10.3 Å². The molecular weight excluding hydrogens is 220 g/mol. The second kappa shape index (κ2) is 5.93. The normalized spacial score (nSPS) is 9.47. The van der Waals surface area contributed by atoms with Gasteiger partial charge < -0.3 is 9.68 Å². The lowest BCUT2D eigenvalue weighted by Gasteiger charge is -2.02. The van der Waals surface area contributed by atoms with E-state index in [2.05, 4.69) is 20.3 Å². The molecule has 0 aromatic carbocycles. The van der Waals surface area contributed by atoms with Crippen molar-refractivity contribution in [2.75, 3.05) is 0 Å². The summed E-state index contributed by atoms with van der Waals surface area (Å²) >= 11 is 0. The monoisotopic (exact) mass is 236 g/mol. The van der Waals surface area contributed by atoms with E-state index in [-0.39, 0.29) is 0 Å². The Labute approximate surface area is 100 Å². The van der Waals surface area contributed by atoms with E-state index in [0.717, 1.165) is 11.4 Å². The van der Waals surface area contributed by atoms with E-state index in [0.29, 0.717) is 17.6 Å². The molecule has 92 valence electrons. The van der Waals surface area contributed by atoms with Crippen LogP contribution in [0.25, 0.3) is 0 Å². The summed E-state index contributed by atoms with van der Waals surface area (Å²) in [5.41, 5.74) is 1.59. The van der Waals surface area contributed by atoms with Gasteiger partial charge in [-0.3, -0.25) is 0 Å². The third-order valence-electron chi connectivity index (χ3n) is 1.43. The first-order chi connectivity index (χ1) is 7.97. The summed E-state index contributed by atoms with van der Waals surface area (Å²) in [7, 11) is 0. The topological polar surface area (TPSA) is 69.0 Å². The van der Waals surface area contributed by atoms with Gasteiger partial charge in [0.15, 0.2) is 0 Å². The lowest BCUT2D eigenvalue weighted by atomic mass is 10.5. The fourth-order valence-electron chi connectivity index (χ4n) is 0.884. The highest BCUT2D eigenvalue weighted by molar-refractivity contribution is 5.78. The smallest absolute Gasteiger partial charge is 0.255 e. The zero-order chi connectivity index (χ0) is 12.8. The van der Waals surface area contributed by atoms with Crippen molar-refractivity contribution >= 4 is 11.4 Å². The molecule has 6 heteroatoms. The Morgan fingerprint density at radius 3 is 1.71 bits per heavy atom. The second-order valence-electron chi connectivity index (χ2n) is 3.85. The van der Waals surface area contributed by atoms with Crippen LogP contribution in [0.3, 0.4) is 0 Å². The molecule has 0 amide bonds. The SMILES string of the molecule is CC(C)=NOc1cc(ON=C(C)C)nc(C)n1. The van der Waals surface area contributed by atoms with Crippen LogP contribution >= 0.6 is 0 Å². The maximum absolute atomic E-state index is 5.10. The molecule has 0 unspecified atom stereocenters. The first-order valence-electron chi connectivity index (χ1n) is 5.19. The van der Waals surface area contributed by atoms with Crippen LogP contribution in [0, 0.1) is 6.92 Å². The Morgan fingerprint density at radius 2 is 1.35 bits per heavy atom. The average Bonchev–Trinajstić information content (AvgIpc) is 2.23. The molecule has 6 nitrogen and oxygen atoms in total. The average molecular weight is 236 g/mol. The molecule has 0 fully saturated rings. The standard InChI is InChI=1S/C11H16N4O2/c1-7(2)14-16-10-6-11(13-9(5)12-10)17-15-8(3)4/h6H,1-5H3. The van der Waals surface area contributed by atoms with Gasteiger partial charge in [0.2, 0.25) is 0 Å². The summed E-state index contributed by atoms with van der Waals surface area (Å²) in [6.45, 7) is 9.06. The van der Waals surface area contributed by atoms with Gasteiger partial charge in [-0.25, -0.2) is 0 Å². The number of hydrogen-bond acceptors (Lipinski definition) is 6. The molecule has 0 aliphatic carbocycles. The highest BCUT2D eigenvalue weighted by Crippen LogP contribution is 2.15. The summed E-state index contributed by atoms with van der Waals surface area (Å²) in [6.07, 6.45) is 0. The van der Waals surface area contributed by atoms with Crippen LogP contribution in [0.2, 0.25) is 0 Å². The number of nitrogens with zero attached hydrogens (tertiary/aromatic N) is 4. The molecule has 1 rings (SSSR count). The van der Waals surface area contributed by atoms with Crippen LogP contribution < -0.4 is 9.68 Å². The van der Waals surface area contributed by atoms with E-state index in [1.165, 1.54) is 6.07 Å². The first-order valence-corrected chi connectivity index (χ1v) is 5.19. The maximum atomic E-state index is 5.10. The van der Waals surface area contributed by atoms with Crippen molar-refractivity contribution in [1.82, 2.24) is 9.97 Å². The molecule has 0 radical (unpaired) electrons. The summed E-state index contributed by atoms with van der Waals surface area (Å²) in [5, 5.41) is 7.61. The molecule has 1 aromatic rings. The quantitative estimate of drug-likeness (QED) is 0.594. The van der Waals surface area contributed by atoms with Gasteiger partial charge in [-0.15, -0.1) is 0 Å². The Bertz CT molecular complexity index is 409. The van der Waals surface area contributed by atoms with E-state index >= 15 is 0 Å². The molecule has 0 saturated carbocycles. The Hall–Kier alpha value is -1.98. The highest BCUT2D eigenvalue weighted by Gasteiger charge is 2.04. The van der Waals surface area contributed by atoms with Crippen LogP contribution in [-0.2, 0) is 0 Å². The number of hydrogen-bond donors (Lipinski definition) is 0. The Kier molecular flexibility index (Phi) is 4.56. The predicted molar refractivity (Wildman–Crippen MR) is 65.6 cm³/mol. The summed E-state index contributed by atoms with van der Waals surface area (Å²) in [6, 6.07) is 1.53. The molecule has 0 atom stereocenters. The predicted octanol–water partition coefficient (Wildman–Crippen LogP) is 2.33. The van der Waals surface area contributed by atoms with Crippen LogP contribution in [0.1, 0.15) is 33.5 Å². The molecule has 17 heavy (non-hydrogen) atoms. The zero-order valence-corrected chi connectivity index (χ0v) is 10.7. The minimum Gasteiger partial charge on any atom is -0.336 e. The highest BCUT2D eigenvalue weighted by atomic mass is 16.6. The van der Waals surface area contributed by atoms with Crippen molar-refractivity contribution in [2.45, 2.75) is 34.6 Å². The molecule has 0 aliphatic rings. The number of aryl methyl sites for hydroxylation is 1. The van der Waals surface area contributed by atoms with Gasteiger partial charge >= 0.3 is 0 Å². The molecule has 0 spiro atoms. The van der Waals surface area contributed by atoms with E-state index in [9.17, 15) is 0 Å². The van der Waals surface area contributed by atoms with Crippen molar-refractivity contribution < 1.29 is 9.68 Å². The van der Waals surface area contributed by atoms with E-state index in [4.69, 9.17) is 9.68 Å². The number of rotatable bonds is 4. The van der Waals surface area contributed by atoms with Crippen molar-refractivity contribution in [3.8, 4) is 11.8 Å². The Balaban J connectivity index is 2.86. The fraction of sp³-hybridized carbons (Fsp3) is 0.455. The van der Waals surface area contributed by atoms with Crippen molar-refractivity contribution in [3.63, 3.8) is 0 Å². The van der Waals surface area contributed by atoms with Crippen molar-refractivity contribution in [3.05, 3.63) is 11.9 Å². The second-order valence-corrected chi connectivity index (χ2v) is 3.85.